The summed E-state index contributed by atoms with van der Waals surface area (Å²) in [6, 6.07) is 19.7. The Morgan fingerprint density at radius 1 is 0.946 bits per heavy atom. The normalized spacial score (nSPS) is 11.9. The highest BCUT2D eigenvalue weighted by Gasteiger charge is 2.32. The molecule has 1 atom stereocenters. The molecule has 0 saturated heterocycles. The van der Waals surface area contributed by atoms with Gasteiger partial charge in [0.05, 0.1) is 17.7 Å². The maximum atomic E-state index is 13.8. The van der Waals surface area contributed by atoms with Gasteiger partial charge in [-0.3, -0.25) is 13.9 Å². The lowest BCUT2D eigenvalue weighted by molar-refractivity contribution is -0.139. The highest BCUT2D eigenvalue weighted by Crippen LogP contribution is 2.28. The number of carbonyl (C=O) groups is 2. The molecule has 37 heavy (non-hydrogen) atoms. The van der Waals surface area contributed by atoms with Crippen LogP contribution in [0.15, 0.2) is 77.7 Å². The van der Waals surface area contributed by atoms with Gasteiger partial charge in [-0.05, 0) is 50.6 Å². The van der Waals surface area contributed by atoms with Crippen molar-refractivity contribution in [3.8, 4) is 5.75 Å². The Hall–Kier alpha value is -3.85. The highest BCUT2D eigenvalue weighted by molar-refractivity contribution is 7.92. The van der Waals surface area contributed by atoms with Gasteiger partial charge in [0.2, 0.25) is 11.8 Å². The molecular formula is C28H33N3O5S. The summed E-state index contributed by atoms with van der Waals surface area (Å²) in [6.45, 7) is 5.07. The summed E-state index contributed by atoms with van der Waals surface area (Å²) in [5.41, 5.74) is 3.03. The van der Waals surface area contributed by atoms with Gasteiger partial charge in [0.1, 0.15) is 18.3 Å². The van der Waals surface area contributed by atoms with Gasteiger partial charge in [-0.15, -0.1) is 0 Å². The lowest BCUT2D eigenvalue weighted by Crippen LogP contribution is -2.50. The van der Waals surface area contributed by atoms with Crippen LogP contribution in [0.4, 0.5) is 5.69 Å². The molecule has 0 aliphatic rings. The molecule has 0 aliphatic carbocycles. The molecule has 3 aromatic rings. The van der Waals surface area contributed by atoms with Gasteiger partial charge in [-0.2, -0.15) is 0 Å². The second kappa shape index (κ2) is 11.9. The number of methoxy groups -OCH3 is 1. The number of likely N-dealkylation sites (N-methyl/N-ethyl adjacent to an activating group) is 1. The van der Waals surface area contributed by atoms with E-state index in [1.54, 1.807) is 43.3 Å². The van der Waals surface area contributed by atoms with Crippen molar-refractivity contribution in [1.82, 2.24) is 10.2 Å². The molecule has 0 bridgehead atoms. The molecule has 1 N–H and O–H groups in total. The van der Waals surface area contributed by atoms with Crippen LogP contribution in [0.25, 0.3) is 0 Å². The number of nitrogens with one attached hydrogen (secondary N) is 1. The predicted molar refractivity (Wildman–Crippen MR) is 144 cm³/mol. The molecule has 2 amide bonds. The molecule has 9 heteroatoms. The zero-order valence-electron chi connectivity index (χ0n) is 21.8. The van der Waals surface area contributed by atoms with E-state index in [1.807, 2.05) is 38.1 Å². The summed E-state index contributed by atoms with van der Waals surface area (Å²) in [4.78, 5) is 27.8. The maximum Gasteiger partial charge on any atom is 0.264 e. The first-order valence-corrected chi connectivity index (χ1v) is 13.3. The zero-order valence-corrected chi connectivity index (χ0v) is 22.6. The molecule has 0 spiro atoms. The Kier molecular flexibility index (Phi) is 8.94. The van der Waals surface area contributed by atoms with Gasteiger partial charge in [0, 0.05) is 19.7 Å². The fraction of sp³-hybridized carbons (Fsp3) is 0.286. The largest absolute Gasteiger partial charge is 0.497 e. The van der Waals surface area contributed by atoms with Gasteiger partial charge in [-0.1, -0.05) is 53.6 Å². The minimum Gasteiger partial charge on any atom is -0.497 e. The first-order valence-electron chi connectivity index (χ1n) is 11.9. The van der Waals surface area contributed by atoms with E-state index in [2.05, 4.69) is 5.32 Å². The third-order valence-electron chi connectivity index (χ3n) is 6.08. The van der Waals surface area contributed by atoms with Crippen molar-refractivity contribution >= 4 is 27.5 Å². The van der Waals surface area contributed by atoms with E-state index in [0.717, 1.165) is 21.0 Å². The number of ether oxygens (including phenoxy) is 1. The Morgan fingerprint density at radius 3 is 2.24 bits per heavy atom. The van der Waals surface area contributed by atoms with Crippen molar-refractivity contribution in [2.75, 3.05) is 25.0 Å². The number of hydrogen-bond acceptors (Lipinski definition) is 5. The van der Waals surface area contributed by atoms with Gasteiger partial charge in [-0.25, -0.2) is 8.42 Å². The first-order chi connectivity index (χ1) is 17.6. The van der Waals surface area contributed by atoms with Crippen LogP contribution in [0.3, 0.4) is 0 Å². The molecule has 0 saturated carbocycles. The fourth-order valence-corrected chi connectivity index (χ4v) is 5.34. The summed E-state index contributed by atoms with van der Waals surface area (Å²) in [6.07, 6.45) is 0. The monoisotopic (exact) mass is 523 g/mol. The Labute approximate surface area is 218 Å². The van der Waals surface area contributed by atoms with Gasteiger partial charge in [0.25, 0.3) is 10.0 Å². The third kappa shape index (κ3) is 6.68. The van der Waals surface area contributed by atoms with Crippen LogP contribution in [0.2, 0.25) is 0 Å². The van der Waals surface area contributed by atoms with Crippen molar-refractivity contribution < 1.29 is 22.7 Å². The fourth-order valence-electron chi connectivity index (χ4n) is 3.93. The number of rotatable bonds is 10. The topological polar surface area (TPSA) is 96.0 Å². The molecule has 0 unspecified atom stereocenters. The van der Waals surface area contributed by atoms with Crippen LogP contribution in [0, 0.1) is 13.8 Å². The second-order valence-corrected chi connectivity index (χ2v) is 10.7. The molecule has 3 aromatic carbocycles. The number of nitrogens with zero attached hydrogens (tertiary/aromatic N) is 2. The van der Waals surface area contributed by atoms with Gasteiger partial charge < -0.3 is 15.0 Å². The van der Waals surface area contributed by atoms with Crippen molar-refractivity contribution in [2.45, 2.75) is 38.3 Å². The summed E-state index contributed by atoms with van der Waals surface area (Å²) in [7, 11) is -1.14. The van der Waals surface area contributed by atoms with E-state index in [4.69, 9.17) is 4.74 Å². The van der Waals surface area contributed by atoms with E-state index in [0.29, 0.717) is 5.75 Å². The Balaban J connectivity index is 2.05. The molecule has 0 fully saturated rings. The van der Waals surface area contributed by atoms with Crippen LogP contribution >= 0.6 is 0 Å². The molecule has 0 radical (unpaired) electrons. The average molecular weight is 524 g/mol. The Bertz CT molecular complexity index is 1360. The predicted octanol–water partition coefficient (Wildman–Crippen LogP) is 3.67. The van der Waals surface area contributed by atoms with Crippen molar-refractivity contribution in [3.63, 3.8) is 0 Å². The molecule has 0 aromatic heterocycles. The summed E-state index contributed by atoms with van der Waals surface area (Å²) in [5, 5.41) is 2.58. The average Bonchev–Trinajstić information content (AvgIpc) is 2.89. The van der Waals surface area contributed by atoms with Crippen LogP contribution in [0.1, 0.15) is 23.6 Å². The summed E-state index contributed by atoms with van der Waals surface area (Å²) in [5.74, 6) is -0.421. The van der Waals surface area contributed by atoms with E-state index < -0.39 is 28.5 Å². The standard InChI is InChI=1S/C28H33N3O5S/c1-20-12-14-26(15-13-20)37(34,35)31(24-10-7-11-25(17-24)36-5)19-27(32)30(22(3)28(33)29-4)18-23-9-6-8-21(2)16-23/h6-17,22H,18-19H2,1-5H3,(H,29,33)/t22-/m0/s1. The van der Waals surface area contributed by atoms with Crippen LogP contribution in [-0.2, 0) is 26.2 Å². The van der Waals surface area contributed by atoms with Crippen LogP contribution in [0.5, 0.6) is 5.75 Å². The number of hydrogen-bond donors (Lipinski definition) is 1. The molecule has 8 nitrogen and oxygen atoms in total. The molecule has 0 aliphatic heterocycles. The van der Waals surface area contributed by atoms with Crippen LogP contribution < -0.4 is 14.4 Å². The summed E-state index contributed by atoms with van der Waals surface area (Å²) >= 11 is 0. The van der Waals surface area contributed by atoms with Crippen molar-refractivity contribution in [3.05, 3.63) is 89.5 Å². The number of sulfonamides is 1. The van der Waals surface area contributed by atoms with E-state index >= 15 is 0 Å². The minimum atomic E-state index is -4.13. The number of anilines is 1. The van der Waals surface area contributed by atoms with E-state index in [9.17, 15) is 18.0 Å². The molecular weight excluding hydrogens is 490 g/mol. The quantitative estimate of drug-likeness (QED) is 0.438. The zero-order chi connectivity index (χ0) is 27.2. The number of benzene rings is 3. The molecule has 0 heterocycles. The maximum absolute atomic E-state index is 13.8. The van der Waals surface area contributed by atoms with E-state index in [1.165, 1.54) is 31.2 Å². The molecule has 3 rings (SSSR count). The number of amides is 2. The Morgan fingerprint density at radius 2 is 1.62 bits per heavy atom. The smallest absolute Gasteiger partial charge is 0.264 e. The van der Waals surface area contributed by atoms with Crippen molar-refractivity contribution in [2.24, 2.45) is 0 Å². The summed E-state index contributed by atoms with van der Waals surface area (Å²) < 4.78 is 34.0. The lowest BCUT2D eigenvalue weighted by Gasteiger charge is -2.32. The van der Waals surface area contributed by atoms with E-state index in [-0.39, 0.29) is 23.0 Å². The number of aryl methyl sites for hydroxylation is 2. The third-order valence-corrected chi connectivity index (χ3v) is 7.87. The second-order valence-electron chi connectivity index (χ2n) is 8.83. The SMILES string of the molecule is CNC(=O)[C@H](C)N(Cc1cccc(C)c1)C(=O)CN(c1cccc(OC)c1)S(=O)(=O)c1ccc(C)cc1. The lowest BCUT2D eigenvalue weighted by atomic mass is 10.1. The van der Waals surface area contributed by atoms with Crippen molar-refractivity contribution in [1.29, 1.82) is 0 Å². The highest BCUT2D eigenvalue weighted by atomic mass is 32.2. The molecule has 196 valence electrons. The van der Waals surface area contributed by atoms with Gasteiger partial charge >= 0.3 is 0 Å². The van der Waals surface area contributed by atoms with Gasteiger partial charge in [0.15, 0.2) is 0 Å². The minimum absolute atomic E-state index is 0.0540. The first kappa shape index (κ1) is 27.7. The van der Waals surface area contributed by atoms with Crippen LogP contribution in [-0.4, -0.2) is 51.9 Å². The number of carbonyl (C=O) groups excluding carboxylic acids is 2.